The van der Waals surface area contributed by atoms with E-state index in [0.29, 0.717) is 50.7 Å². The van der Waals surface area contributed by atoms with Gasteiger partial charge in [-0.1, -0.05) is 36.4 Å². The summed E-state index contributed by atoms with van der Waals surface area (Å²) in [7, 11) is 0. The number of carbonyl (C=O) groups is 2. The van der Waals surface area contributed by atoms with E-state index in [2.05, 4.69) is 11.9 Å². The summed E-state index contributed by atoms with van der Waals surface area (Å²) in [5.41, 5.74) is 1.26. The topological polar surface area (TPSA) is 80.3 Å². The number of cyclic esters (lactones) is 1. The van der Waals surface area contributed by atoms with Crippen LogP contribution in [-0.4, -0.2) is 63.1 Å². The van der Waals surface area contributed by atoms with E-state index in [-0.39, 0.29) is 19.0 Å². The summed E-state index contributed by atoms with van der Waals surface area (Å²) in [6.45, 7) is 7.91. The Kier molecular flexibility index (Phi) is 8.22. The van der Waals surface area contributed by atoms with Crippen LogP contribution in [0, 0.1) is 5.82 Å². The minimum absolute atomic E-state index is 0.205. The highest BCUT2D eigenvalue weighted by atomic mass is 19.1. The lowest BCUT2D eigenvalue weighted by molar-refractivity contribution is -0.119. The van der Waals surface area contributed by atoms with Gasteiger partial charge in [0.15, 0.2) is 0 Å². The van der Waals surface area contributed by atoms with Crippen LogP contribution in [0.3, 0.4) is 0 Å². The number of halogens is 1. The van der Waals surface area contributed by atoms with Gasteiger partial charge in [-0.05, 0) is 30.2 Å². The maximum absolute atomic E-state index is 15.3. The van der Waals surface area contributed by atoms with E-state index < -0.39 is 23.6 Å². The van der Waals surface area contributed by atoms with Crippen molar-refractivity contribution in [3.63, 3.8) is 0 Å². The summed E-state index contributed by atoms with van der Waals surface area (Å²) < 4.78 is 32.7. The molecule has 2 fully saturated rings. The number of benzene rings is 2. The number of nitrogens with one attached hydrogen (secondary N) is 1. The first-order chi connectivity index (χ1) is 17.4. The monoisotopic (exact) mass is 497 g/mol. The van der Waals surface area contributed by atoms with Gasteiger partial charge >= 0.3 is 6.09 Å². The van der Waals surface area contributed by atoms with Crippen LogP contribution in [-0.2, 0) is 25.6 Å². The Bertz CT molecular complexity index is 1080. The lowest BCUT2D eigenvalue weighted by atomic mass is 9.97. The van der Waals surface area contributed by atoms with Crippen LogP contribution in [0.4, 0.5) is 20.6 Å². The minimum Gasteiger partial charge on any atom is -0.442 e. The van der Waals surface area contributed by atoms with Gasteiger partial charge in [0, 0.05) is 20.0 Å². The highest BCUT2D eigenvalue weighted by Crippen LogP contribution is 2.32. The van der Waals surface area contributed by atoms with Gasteiger partial charge in [0.05, 0.1) is 44.3 Å². The van der Waals surface area contributed by atoms with Crippen LogP contribution < -0.4 is 15.1 Å². The molecule has 2 amide bonds. The van der Waals surface area contributed by atoms with Crippen LogP contribution in [0.25, 0.3) is 0 Å². The van der Waals surface area contributed by atoms with Gasteiger partial charge in [-0.2, -0.15) is 0 Å². The molecule has 2 saturated heterocycles. The standard InChI is InChI=1S/C27H32FN3O5/c1-3-11-27(19-34-17-21-7-5-4-6-8-21)18-30(12-13-35-27)25-10-9-22(14-24(25)28)31-16-23(36-26(31)33)15-29-20(2)32/h3-10,14,23H,1,11-13,15-19H2,2H3,(H,29,32)/t23-,27?/m0/s1. The molecule has 1 unspecified atom stereocenters. The number of anilines is 2. The second-order valence-electron chi connectivity index (χ2n) is 9.11. The quantitative estimate of drug-likeness (QED) is 0.505. The molecule has 0 aromatic heterocycles. The van der Waals surface area contributed by atoms with Crippen LogP contribution in [0.5, 0.6) is 0 Å². The summed E-state index contributed by atoms with van der Waals surface area (Å²) in [5, 5.41) is 2.63. The number of rotatable bonds is 10. The Hall–Kier alpha value is -3.43. The Labute approximate surface area is 210 Å². The number of amides is 2. The van der Waals surface area contributed by atoms with Crippen molar-refractivity contribution in [2.45, 2.75) is 31.7 Å². The van der Waals surface area contributed by atoms with Crippen molar-refractivity contribution in [2.24, 2.45) is 0 Å². The molecule has 0 aliphatic carbocycles. The average molecular weight is 498 g/mol. The highest BCUT2D eigenvalue weighted by Gasteiger charge is 2.38. The van der Waals surface area contributed by atoms with Crippen LogP contribution >= 0.6 is 0 Å². The summed E-state index contributed by atoms with van der Waals surface area (Å²) in [4.78, 5) is 26.8. The molecule has 2 heterocycles. The molecule has 0 saturated carbocycles. The lowest BCUT2D eigenvalue weighted by Gasteiger charge is -2.43. The summed E-state index contributed by atoms with van der Waals surface area (Å²) in [6, 6.07) is 14.6. The molecule has 2 aliphatic heterocycles. The number of carbonyl (C=O) groups excluding carboxylic acids is 2. The molecule has 9 heteroatoms. The number of ether oxygens (including phenoxy) is 3. The largest absolute Gasteiger partial charge is 0.442 e. The van der Waals surface area contributed by atoms with Crippen LogP contribution in [0.1, 0.15) is 18.9 Å². The fourth-order valence-electron chi connectivity index (χ4n) is 4.53. The normalized spacial score (nSPS) is 21.8. The smallest absolute Gasteiger partial charge is 0.414 e. The molecule has 2 aromatic rings. The van der Waals surface area contributed by atoms with E-state index in [1.54, 1.807) is 18.2 Å². The van der Waals surface area contributed by atoms with Gasteiger partial charge in [0.25, 0.3) is 0 Å². The fourth-order valence-corrected chi connectivity index (χ4v) is 4.53. The second-order valence-corrected chi connectivity index (χ2v) is 9.11. The lowest BCUT2D eigenvalue weighted by Crippen LogP contribution is -2.54. The van der Waals surface area contributed by atoms with Gasteiger partial charge in [-0.15, -0.1) is 6.58 Å². The Morgan fingerprint density at radius 3 is 2.83 bits per heavy atom. The molecule has 8 nitrogen and oxygen atoms in total. The summed E-state index contributed by atoms with van der Waals surface area (Å²) in [5.74, 6) is -0.645. The molecule has 192 valence electrons. The molecular weight excluding hydrogens is 465 g/mol. The number of hydrogen-bond acceptors (Lipinski definition) is 6. The molecule has 2 atom stereocenters. The second kappa shape index (κ2) is 11.5. The zero-order valence-electron chi connectivity index (χ0n) is 20.5. The third kappa shape index (κ3) is 6.22. The Balaban J connectivity index is 1.42. The molecule has 0 spiro atoms. The van der Waals surface area contributed by atoms with Crippen LogP contribution in [0.15, 0.2) is 61.2 Å². The molecule has 1 N–H and O–H groups in total. The van der Waals surface area contributed by atoms with Crippen molar-refractivity contribution in [3.8, 4) is 0 Å². The molecule has 0 bridgehead atoms. The van der Waals surface area contributed by atoms with Crippen molar-refractivity contribution in [2.75, 3.05) is 49.2 Å². The first kappa shape index (κ1) is 25.7. The maximum Gasteiger partial charge on any atom is 0.414 e. The maximum atomic E-state index is 15.3. The van der Waals surface area contributed by atoms with E-state index >= 15 is 4.39 Å². The van der Waals surface area contributed by atoms with Crippen molar-refractivity contribution in [1.82, 2.24) is 5.32 Å². The molecule has 36 heavy (non-hydrogen) atoms. The predicted molar refractivity (Wildman–Crippen MR) is 135 cm³/mol. The highest BCUT2D eigenvalue weighted by molar-refractivity contribution is 5.90. The minimum atomic E-state index is -0.643. The number of hydrogen-bond donors (Lipinski definition) is 1. The van der Waals surface area contributed by atoms with Gasteiger partial charge in [-0.3, -0.25) is 9.69 Å². The van der Waals surface area contributed by atoms with Crippen molar-refractivity contribution in [1.29, 1.82) is 0 Å². The van der Waals surface area contributed by atoms with E-state index in [0.717, 1.165) is 5.56 Å². The molecule has 0 radical (unpaired) electrons. The third-order valence-electron chi connectivity index (χ3n) is 6.28. The van der Waals surface area contributed by atoms with Gasteiger partial charge in [0.2, 0.25) is 5.91 Å². The van der Waals surface area contributed by atoms with Crippen molar-refractivity contribution >= 4 is 23.4 Å². The Morgan fingerprint density at radius 2 is 2.11 bits per heavy atom. The molecule has 4 rings (SSSR count). The first-order valence-corrected chi connectivity index (χ1v) is 12.0. The zero-order chi connectivity index (χ0) is 25.5. The van der Waals surface area contributed by atoms with Gasteiger partial charge in [-0.25, -0.2) is 9.18 Å². The van der Waals surface area contributed by atoms with Gasteiger partial charge < -0.3 is 24.4 Å². The molecular formula is C27H32FN3O5. The van der Waals surface area contributed by atoms with Crippen molar-refractivity contribution in [3.05, 3.63) is 72.6 Å². The first-order valence-electron chi connectivity index (χ1n) is 12.0. The van der Waals surface area contributed by atoms with E-state index in [1.807, 2.05) is 35.2 Å². The van der Waals surface area contributed by atoms with Crippen molar-refractivity contribution < 1.29 is 28.2 Å². The predicted octanol–water partition coefficient (Wildman–Crippen LogP) is 3.66. The van der Waals surface area contributed by atoms with E-state index in [1.165, 1.54) is 17.9 Å². The molecule has 2 aromatic carbocycles. The SMILES string of the molecule is C=CCC1(COCc2ccccc2)CN(c2ccc(N3C[C@H](CNC(C)=O)OC3=O)cc2F)CCO1. The fraction of sp³-hybridized carbons (Fsp3) is 0.407. The third-order valence-corrected chi connectivity index (χ3v) is 6.28. The average Bonchev–Trinajstić information content (AvgIpc) is 3.24. The van der Waals surface area contributed by atoms with E-state index in [4.69, 9.17) is 14.2 Å². The van der Waals surface area contributed by atoms with Gasteiger partial charge in [0.1, 0.15) is 17.5 Å². The number of nitrogens with zero attached hydrogens (tertiary/aromatic N) is 2. The van der Waals surface area contributed by atoms with Crippen LogP contribution in [0.2, 0.25) is 0 Å². The Morgan fingerprint density at radius 1 is 1.31 bits per heavy atom. The molecule has 2 aliphatic rings. The number of morpholine rings is 1. The summed E-state index contributed by atoms with van der Waals surface area (Å²) >= 11 is 0. The summed E-state index contributed by atoms with van der Waals surface area (Å²) in [6.07, 6.45) is 1.31. The zero-order valence-corrected chi connectivity index (χ0v) is 20.5. The van der Waals surface area contributed by atoms with E-state index in [9.17, 15) is 9.59 Å².